The third-order valence-electron chi connectivity index (χ3n) is 3.03. The Morgan fingerprint density at radius 3 is 2.87 bits per heavy atom. The van der Waals surface area contributed by atoms with Crippen molar-refractivity contribution in [1.82, 2.24) is 5.32 Å². The fraction of sp³-hybridized carbons (Fsp3) is 0.538. The van der Waals surface area contributed by atoms with Crippen molar-refractivity contribution in [2.45, 2.75) is 31.7 Å². The van der Waals surface area contributed by atoms with E-state index in [2.05, 4.69) is 36.5 Å². The minimum absolute atomic E-state index is 0.463. The average molecular weight is 204 g/mol. The number of nitrogens with two attached hydrogens (primary N) is 1. The first-order valence-corrected chi connectivity index (χ1v) is 5.79. The summed E-state index contributed by atoms with van der Waals surface area (Å²) in [6, 6.07) is 9.44. The van der Waals surface area contributed by atoms with Crippen LogP contribution in [0.2, 0.25) is 0 Å². The minimum atomic E-state index is 0.463. The van der Waals surface area contributed by atoms with Crippen LogP contribution in [0.5, 0.6) is 0 Å². The van der Waals surface area contributed by atoms with Crippen LogP contribution in [0.25, 0.3) is 0 Å². The molecule has 2 nitrogen and oxygen atoms in total. The Morgan fingerprint density at radius 2 is 2.27 bits per heavy atom. The van der Waals surface area contributed by atoms with Crippen LogP contribution in [0.3, 0.4) is 0 Å². The smallest absolute Gasteiger partial charge is 0.00865 e. The predicted molar refractivity (Wildman–Crippen MR) is 64.0 cm³/mol. The molecule has 0 aromatic heterocycles. The van der Waals surface area contributed by atoms with E-state index in [1.165, 1.54) is 24.0 Å². The molecular formula is C13H20N2. The zero-order valence-electron chi connectivity index (χ0n) is 9.37. The number of hydrogen-bond donors (Lipinski definition) is 2. The van der Waals surface area contributed by atoms with Gasteiger partial charge >= 0.3 is 0 Å². The predicted octanol–water partition coefficient (Wildman–Crippen LogP) is 1.79. The van der Waals surface area contributed by atoms with Crippen molar-refractivity contribution >= 4 is 0 Å². The quantitative estimate of drug-likeness (QED) is 0.767. The highest BCUT2D eigenvalue weighted by Crippen LogP contribution is 2.21. The summed E-state index contributed by atoms with van der Waals surface area (Å²) in [6.07, 6.45) is 2.68. The van der Waals surface area contributed by atoms with Gasteiger partial charge in [0.1, 0.15) is 0 Å². The van der Waals surface area contributed by atoms with E-state index in [9.17, 15) is 0 Å². The number of aryl methyl sites for hydroxylation is 1. The molecule has 1 aliphatic carbocycles. The van der Waals surface area contributed by atoms with Gasteiger partial charge in [-0.3, -0.25) is 0 Å². The Hall–Kier alpha value is -0.860. The Labute approximate surface area is 91.9 Å². The molecule has 0 heterocycles. The first-order chi connectivity index (χ1) is 7.29. The van der Waals surface area contributed by atoms with Gasteiger partial charge in [0.15, 0.2) is 0 Å². The summed E-state index contributed by atoms with van der Waals surface area (Å²) in [7, 11) is 0. The number of benzene rings is 1. The summed E-state index contributed by atoms with van der Waals surface area (Å²) in [5, 5.41) is 3.55. The summed E-state index contributed by atoms with van der Waals surface area (Å²) < 4.78 is 0. The van der Waals surface area contributed by atoms with Gasteiger partial charge in [-0.1, -0.05) is 29.8 Å². The summed E-state index contributed by atoms with van der Waals surface area (Å²) >= 11 is 0. The van der Waals surface area contributed by atoms with Crippen molar-refractivity contribution in [3.05, 3.63) is 35.4 Å². The van der Waals surface area contributed by atoms with Crippen molar-refractivity contribution < 1.29 is 0 Å². The topological polar surface area (TPSA) is 38.0 Å². The lowest BCUT2D eigenvalue weighted by molar-refractivity contribution is 0.586. The van der Waals surface area contributed by atoms with E-state index in [0.717, 1.165) is 19.1 Å². The van der Waals surface area contributed by atoms with Gasteiger partial charge in [-0.15, -0.1) is 0 Å². The lowest BCUT2D eigenvalue weighted by atomic mass is 9.97. The number of nitrogens with one attached hydrogen (secondary N) is 1. The summed E-state index contributed by atoms with van der Waals surface area (Å²) in [5.74, 6) is 0.463. The van der Waals surface area contributed by atoms with Gasteiger partial charge in [-0.05, 0) is 25.3 Å². The van der Waals surface area contributed by atoms with E-state index >= 15 is 0 Å². The maximum Gasteiger partial charge on any atom is 0.00865 e. The molecular weight excluding hydrogens is 184 g/mol. The third kappa shape index (κ3) is 3.05. The average Bonchev–Trinajstić information content (AvgIpc) is 3.03. The molecule has 2 heteroatoms. The molecule has 1 aromatic rings. The molecule has 3 N–H and O–H groups in total. The number of hydrogen-bond acceptors (Lipinski definition) is 2. The molecule has 0 aliphatic heterocycles. The molecule has 0 spiro atoms. The second kappa shape index (κ2) is 4.77. The largest absolute Gasteiger partial charge is 0.330 e. The van der Waals surface area contributed by atoms with E-state index in [-0.39, 0.29) is 0 Å². The zero-order valence-corrected chi connectivity index (χ0v) is 9.37. The molecule has 1 saturated carbocycles. The lowest BCUT2D eigenvalue weighted by Gasteiger charge is -2.16. The van der Waals surface area contributed by atoms with Crippen LogP contribution in [0.1, 0.15) is 29.9 Å². The highest BCUT2D eigenvalue weighted by Gasteiger charge is 2.21. The maximum absolute atomic E-state index is 5.82. The fourth-order valence-electron chi connectivity index (χ4n) is 1.86. The van der Waals surface area contributed by atoms with E-state index in [1.54, 1.807) is 0 Å². The first kappa shape index (κ1) is 10.7. The fourth-order valence-corrected chi connectivity index (χ4v) is 1.86. The molecule has 15 heavy (non-hydrogen) atoms. The van der Waals surface area contributed by atoms with Crippen molar-refractivity contribution in [1.29, 1.82) is 0 Å². The molecule has 1 fully saturated rings. The van der Waals surface area contributed by atoms with Crippen LogP contribution < -0.4 is 11.1 Å². The van der Waals surface area contributed by atoms with E-state index in [0.29, 0.717) is 5.92 Å². The maximum atomic E-state index is 5.82. The molecule has 82 valence electrons. The molecule has 1 aliphatic rings. The van der Waals surface area contributed by atoms with Gasteiger partial charge in [0.05, 0.1) is 0 Å². The highest BCUT2D eigenvalue weighted by atomic mass is 14.9. The van der Waals surface area contributed by atoms with Gasteiger partial charge in [-0.25, -0.2) is 0 Å². The van der Waals surface area contributed by atoms with E-state index in [4.69, 9.17) is 5.73 Å². The Morgan fingerprint density at radius 1 is 1.47 bits per heavy atom. The molecule has 0 amide bonds. The van der Waals surface area contributed by atoms with Crippen LogP contribution in [0.15, 0.2) is 24.3 Å². The van der Waals surface area contributed by atoms with Crippen LogP contribution in [0, 0.1) is 6.92 Å². The van der Waals surface area contributed by atoms with Gasteiger partial charge in [-0.2, -0.15) is 0 Å². The van der Waals surface area contributed by atoms with E-state index < -0.39 is 0 Å². The molecule has 0 bridgehead atoms. The van der Waals surface area contributed by atoms with Gasteiger partial charge < -0.3 is 11.1 Å². The van der Waals surface area contributed by atoms with Crippen LogP contribution >= 0.6 is 0 Å². The second-order valence-electron chi connectivity index (χ2n) is 4.53. The first-order valence-electron chi connectivity index (χ1n) is 5.79. The van der Waals surface area contributed by atoms with Crippen molar-refractivity contribution in [2.75, 3.05) is 13.1 Å². The normalized spacial score (nSPS) is 17.7. The standard InChI is InChI=1S/C13H20N2/c1-10-3-2-4-11(7-10)12(8-14)9-15-13-5-6-13/h2-4,7,12-13,15H,5-6,8-9,14H2,1H3. The highest BCUT2D eigenvalue weighted by molar-refractivity contribution is 5.26. The van der Waals surface area contributed by atoms with Crippen LogP contribution in [0.4, 0.5) is 0 Å². The van der Waals surface area contributed by atoms with Gasteiger partial charge in [0, 0.05) is 25.0 Å². The number of rotatable bonds is 5. The van der Waals surface area contributed by atoms with Crippen LogP contribution in [-0.2, 0) is 0 Å². The summed E-state index contributed by atoms with van der Waals surface area (Å²) in [6.45, 7) is 3.87. The second-order valence-corrected chi connectivity index (χ2v) is 4.53. The summed E-state index contributed by atoms with van der Waals surface area (Å²) in [5.41, 5.74) is 8.50. The van der Waals surface area contributed by atoms with Gasteiger partial charge in [0.2, 0.25) is 0 Å². The minimum Gasteiger partial charge on any atom is -0.330 e. The molecule has 1 atom stereocenters. The molecule has 1 unspecified atom stereocenters. The van der Waals surface area contributed by atoms with Crippen LogP contribution in [-0.4, -0.2) is 19.1 Å². The van der Waals surface area contributed by atoms with Gasteiger partial charge in [0.25, 0.3) is 0 Å². The molecule has 0 saturated heterocycles. The SMILES string of the molecule is Cc1cccc(C(CN)CNC2CC2)c1. The monoisotopic (exact) mass is 204 g/mol. The molecule has 1 aromatic carbocycles. The molecule has 0 radical (unpaired) electrons. The Balaban J connectivity index is 1.97. The third-order valence-corrected chi connectivity index (χ3v) is 3.03. The van der Waals surface area contributed by atoms with Crippen molar-refractivity contribution in [2.24, 2.45) is 5.73 Å². The van der Waals surface area contributed by atoms with Crippen molar-refractivity contribution in [3.63, 3.8) is 0 Å². The van der Waals surface area contributed by atoms with E-state index in [1.807, 2.05) is 0 Å². The van der Waals surface area contributed by atoms with Crippen molar-refractivity contribution in [3.8, 4) is 0 Å². The zero-order chi connectivity index (χ0) is 10.7. The Kier molecular flexibility index (Phi) is 3.39. The Bertz CT molecular complexity index is 318. The molecule has 2 rings (SSSR count). The lowest BCUT2D eigenvalue weighted by Crippen LogP contribution is -2.28. The summed E-state index contributed by atoms with van der Waals surface area (Å²) in [4.78, 5) is 0.